The van der Waals surface area contributed by atoms with E-state index in [4.69, 9.17) is 0 Å². The minimum absolute atomic E-state index is 0.152. The van der Waals surface area contributed by atoms with Crippen LogP contribution in [0, 0.1) is 12.7 Å². The van der Waals surface area contributed by atoms with Crippen LogP contribution in [0.3, 0.4) is 0 Å². The summed E-state index contributed by atoms with van der Waals surface area (Å²) in [6.45, 7) is 4.81. The van der Waals surface area contributed by atoms with Crippen LogP contribution >= 0.6 is 0 Å². The van der Waals surface area contributed by atoms with E-state index in [1.807, 2.05) is 44.2 Å². The predicted octanol–water partition coefficient (Wildman–Crippen LogP) is 4.45. The number of sulfonamides is 1. The van der Waals surface area contributed by atoms with Gasteiger partial charge in [0.1, 0.15) is 18.4 Å². The van der Waals surface area contributed by atoms with E-state index < -0.39 is 34.3 Å². The van der Waals surface area contributed by atoms with Crippen molar-refractivity contribution in [1.29, 1.82) is 0 Å². The van der Waals surface area contributed by atoms with E-state index in [2.05, 4.69) is 5.32 Å². The van der Waals surface area contributed by atoms with E-state index in [1.54, 1.807) is 49.4 Å². The zero-order valence-corrected chi connectivity index (χ0v) is 23.6. The van der Waals surface area contributed by atoms with Gasteiger partial charge in [-0.05, 0) is 43.5 Å². The number of carbonyl (C=O) groups excluding carboxylic acids is 2. The molecule has 7 nitrogen and oxygen atoms in total. The van der Waals surface area contributed by atoms with Crippen LogP contribution in [0.25, 0.3) is 0 Å². The molecule has 2 unspecified atom stereocenters. The molecule has 2 atom stereocenters. The highest BCUT2D eigenvalue weighted by molar-refractivity contribution is 7.92. The Morgan fingerprint density at radius 3 is 2.18 bits per heavy atom. The van der Waals surface area contributed by atoms with Crippen LogP contribution < -0.4 is 9.62 Å². The standard InChI is InChI=1S/C30H36FN3O4S/c1-5-23(3)32-30(36)28(19-24-14-7-6-8-15-24)33(20-25-16-10-11-17-26(25)31)29(35)21-34(39(4,37)38)27-18-12-9-13-22(27)2/h6-18,23,28H,5,19-21H2,1-4H3,(H,32,36). The molecular weight excluding hydrogens is 517 g/mol. The fourth-order valence-corrected chi connectivity index (χ4v) is 5.15. The lowest BCUT2D eigenvalue weighted by atomic mass is 10.0. The van der Waals surface area contributed by atoms with E-state index in [1.165, 1.54) is 11.0 Å². The third kappa shape index (κ3) is 8.13. The molecule has 39 heavy (non-hydrogen) atoms. The number of halogens is 1. The van der Waals surface area contributed by atoms with Crippen molar-refractivity contribution in [2.24, 2.45) is 0 Å². The summed E-state index contributed by atoms with van der Waals surface area (Å²) in [5, 5.41) is 2.95. The molecule has 1 N–H and O–H groups in total. The molecule has 9 heteroatoms. The number of para-hydroxylation sites is 1. The molecule has 2 amide bonds. The Kier molecular flexibility index (Phi) is 10.2. The second kappa shape index (κ2) is 13.4. The van der Waals surface area contributed by atoms with Crippen molar-refractivity contribution in [2.45, 2.75) is 52.2 Å². The normalized spacial score (nSPS) is 12.8. The Hall–Kier alpha value is -3.72. The molecule has 0 aliphatic rings. The van der Waals surface area contributed by atoms with Crippen molar-refractivity contribution in [3.8, 4) is 0 Å². The van der Waals surface area contributed by atoms with Gasteiger partial charge in [-0.1, -0.05) is 73.7 Å². The zero-order chi connectivity index (χ0) is 28.6. The maximum Gasteiger partial charge on any atom is 0.244 e. The Labute approximate surface area is 230 Å². The van der Waals surface area contributed by atoms with Gasteiger partial charge in [-0.25, -0.2) is 12.8 Å². The minimum atomic E-state index is -3.87. The number of amides is 2. The van der Waals surface area contributed by atoms with Gasteiger partial charge >= 0.3 is 0 Å². The Balaban J connectivity index is 2.08. The summed E-state index contributed by atoms with van der Waals surface area (Å²) >= 11 is 0. The number of aryl methyl sites for hydroxylation is 1. The van der Waals surface area contributed by atoms with Gasteiger partial charge in [0.25, 0.3) is 0 Å². The number of nitrogens with zero attached hydrogens (tertiary/aromatic N) is 2. The minimum Gasteiger partial charge on any atom is -0.352 e. The maximum absolute atomic E-state index is 14.8. The van der Waals surface area contributed by atoms with Crippen molar-refractivity contribution in [2.75, 3.05) is 17.1 Å². The lowest BCUT2D eigenvalue weighted by Gasteiger charge is -2.34. The first-order valence-corrected chi connectivity index (χ1v) is 14.8. The number of hydrogen-bond acceptors (Lipinski definition) is 4. The van der Waals surface area contributed by atoms with Gasteiger partial charge in [-0.15, -0.1) is 0 Å². The number of carbonyl (C=O) groups is 2. The largest absolute Gasteiger partial charge is 0.352 e. The third-order valence-corrected chi connectivity index (χ3v) is 7.76. The van der Waals surface area contributed by atoms with Crippen LogP contribution in [0.2, 0.25) is 0 Å². The van der Waals surface area contributed by atoms with Crippen LogP contribution in [0.1, 0.15) is 37.0 Å². The highest BCUT2D eigenvalue weighted by Crippen LogP contribution is 2.24. The van der Waals surface area contributed by atoms with Gasteiger partial charge in [0.2, 0.25) is 21.8 Å². The van der Waals surface area contributed by atoms with Crippen molar-refractivity contribution in [3.63, 3.8) is 0 Å². The highest BCUT2D eigenvalue weighted by atomic mass is 32.2. The summed E-state index contributed by atoms with van der Waals surface area (Å²) in [5.74, 6) is -1.53. The van der Waals surface area contributed by atoms with Crippen molar-refractivity contribution < 1.29 is 22.4 Å². The topological polar surface area (TPSA) is 86.8 Å². The average molecular weight is 554 g/mol. The summed E-state index contributed by atoms with van der Waals surface area (Å²) in [5.41, 5.74) is 2.07. The third-order valence-electron chi connectivity index (χ3n) is 6.63. The molecule has 0 heterocycles. The molecule has 0 saturated carbocycles. The second-order valence-electron chi connectivity index (χ2n) is 9.69. The molecule has 3 rings (SSSR count). The van der Waals surface area contributed by atoms with E-state index >= 15 is 0 Å². The molecule has 3 aromatic carbocycles. The van der Waals surface area contributed by atoms with Crippen molar-refractivity contribution in [1.82, 2.24) is 10.2 Å². The molecule has 0 aliphatic heterocycles. The lowest BCUT2D eigenvalue weighted by molar-refractivity contribution is -0.140. The van der Waals surface area contributed by atoms with Gasteiger partial charge in [0, 0.05) is 24.6 Å². The van der Waals surface area contributed by atoms with E-state index in [-0.39, 0.29) is 30.5 Å². The number of hydrogen-bond donors (Lipinski definition) is 1. The Morgan fingerprint density at radius 1 is 0.949 bits per heavy atom. The first-order chi connectivity index (χ1) is 18.5. The molecule has 0 aromatic heterocycles. The highest BCUT2D eigenvalue weighted by Gasteiger charge is 2.34. The van der Waals surface area contributed by atoms with E-state index in [0.29, 0.717) is 17.7 Å². The van der Waals surface area contributed by atoms with Gasteiger partial charge in [0.15, 0.2) is 0 Å². The number of nitrogens with one attached hydrogen (secondary N) is 1. The molecule has 208 valence electrons. The summed E-state index contributed by atoms with van der Waals surface area (Å²) in [6, 6.07) is 21.0. The van der Waals surface area contributed by atoms with Crippen LogP contribution in [0.5, 0.6) is 0 Å². The number of benzene rings is 3. The summed E-state index contributed by atoms with van der Waals surface area (Å²) in [4.78, 5) is 28.9. The average Bonchev–Trinajstić information content (AvgIpc) is 2.90. The first-order valence-electron chi connectivity index (χ1n) is 12.9. The first kappa shape index (κ1) is 29.8. The molecular formula is C30H36FN3O4S. The smallest absolute Gasteiger partial charge is 0.244 e. The molecule has 0 fully saturated rings. The molecule has 0 radical (unpaired) electrons. The Bertz CT molecular complexity index is 1380. The van der Waals surface area contributed by atoms with Crippen molar-refractivity contribution in [3.05, 3.63) is 101 Å². The number of rotatable bonds is 12. The van der Waals surface area contributed by atoms with Crippen LogP contribution in [0.4, 0.5) is 10.1 Å². The van der Waals surface area contributed by atoms with Gasteiger partial charge in [0.05, 0.1) is 11.9 Å². The lowest BCUT2D eigenvalue weighted by Crippen LogP contribution is -2.54. The summed E-state index contributed by atoms with van der Waals surface area (Å²) < 4.78 is 41.5. The quantitative estimate of drug-likeness (QED) is 0.359. The molecule has 3 aromatic rings. The van der Waals surface area contributed by atoms with Crippen LogP contribution in [-0.4, -0.2) is 50.0 Å². The fourth-order valence-electron chi connectivity index (χ4n) is 4.24. The maximum atomic E-state index is 14.8. The van der Waals surface area contributed by atoms with Gasteiger partial charge < -0.3 is 10.2 Å². The number of anilines is 1. The van der Waals surface area contributed by atoms with Gasteiger partial charge in [-0.2, -0.15) is 0 Å². The SMILES string of the molecule is CCC(C)NC(=O)C(Cc1ccccc1)N(Cc1ccccc1F)C(=O)CN(c1ccccc1C)S(C)(=O)=O. The van der Waals surface area contributed by atoms with Crippen molar-refractivity contribution >= 4 is 27.5 Å². The van der Waals surface area contributed by atoms with E-state index in [0.717, 1.165) is 16.1 Å². The summed E-state index contributed by atoms with van der Waals surface area (Å²) in [7, 11) is -3.87. The van der Waals surface area contributed by atoms with Crippen LogP contribution in [-0.2, 0) is 32.6 Å². The molecule has 0 saturated heterocycles. The molecule has 0 spiro atoms. The van der Waals surface area contributed by atoms with E-state index in [9.17, 15) is 22.4 Å². The van der Waals surface area contributed by atoms with Crippen LogP contribution in [0.15, 0.2) is 78.9 Å². The monoisotopic (exact) mass is 553 g/mol. The molecule has 0 aliphatic carbocycles. The Morgan fingerprint density at radius 2 is 1.56 bits per heavy atom. The zero-order valence-electron chi connectivity index (χ0n) is 22.8. The fraction of sp³-hybridized carbons (Fsp3) is 0.333. The van der Waals surface area contributed by atoms with Gasteiger partial charge in [-0.3, -0.25) is 13.9 Å². The molecule has 0 bridgehead atoms. The predicted molar refractivity (Wildman–Crippen MR) is 152 cm³/mol. The summed E-state index contributed by atoms with van der Waals surface area (Å²) in [6.07, 6.45) is 1.89. The second-order valence-corrected chi connectivity index (χ2v) is 11.6.